The van der Waals surface area contributed by atoms with Crippen LogP contribution in [0.15, 0.2) is 30.5 Å². The van der Waals surface area contributed by atoms with Crippen LogP contribution in [-0.4, -0.2) is 42.9 Å². The third-order valence-corrected chi connectivity index (χ3v) is 4.47. The van der Waals surface area contributed by atoms with Gasteiger partial charge in [0.25, 0.3) is 5.91 Å². The molecule has 0 spiro atoms. The molecular formula is C17H24Cl3N5O. The first kappa shape index (κ1) is 22.6. The molecule has 2 heterocycles. The number of piperidine rings is 1. The third kappa shape index (κ3) is 5.04. The van der Waals surface area contributed by atoms with Crippen LogP contribution in [0.3, 0.4) is 0 Å². The average Bonchev–Trinajstić information content (AvgIpc) is 3.05. The normalized spacial score (nSPS) is 16.2. The summed E-state index contributed by atoms with van der Waals surface area (Å²) < 4.78 is 1.88. The summed E-state index contributed by atoms with van der Waals surface area (Å²) in [7, 11) is 3.78. The van der Waals surface area contributed by atoms with Gasteiger partial charge >= 0.3 is 0 Å². The second-order valence-corrected chi connectivity index (χ2v) is 6.57. The van der Waals surface area contributed by atoms with Crippen molar-refractivity contribution in [2.45, 2.75) is 18.9 Å². The number of para-hydroxylation sites is 1. The molecule has 6 nitrogen and oxygen atoms in total. The molecule has 1 aliphatic rings. The minimum absolute atomic E-state index is 0. The first-order valence-electron chi connectivity index (χ1n) is 8.09. The van der Waals surface area contributed by atoms with Crippen molar-refractivity contribution in [2.75, 3.05) is 37.4 Å². The highest BCUT2D eigenvalue weighted by molar-refractivity contribution is 6.34. The molecule has 1 aliphatic heterocycles. The molecule has 1 aromatic carbocycles. The van der Waals surface area contributed by atoms with E-state index in [-0.39, 0.29) is 30.7 Å². The van der Waals surface area contributed by atoms with Gasteiger partial charge in [0.1, 0.15) is 0 Å². The van der Waals surface area contributed by atoms with Gasteiger partial charge in [0.2, 0.25) is 0 Å². The van der Waals surface area contributed by atoms with Crippen LogP contribution in [0.2, 0.25) is 5.02 Å². The van der Waals surface area contributed by atoms with Gasteiger partial charge in [0.05, 0.1) is 22.4 Å². The monoisotopic (exact) mass is 419 g/mol. The Morgan fingerprint density at radius 3 is 2.77 bits per heavy atom. The van der Waals surface area contributed by atoms with E-state index in [1.165, 1.54) is 0 Å². The maximum Gasteiger partial charge on any atom is 0.276 e. The number of hydrogen-bond donors (Lipinski definition) is 2. The highest BCUT2D eigenvalue weighted by Gasteiger charge is 2.19. The van der Waals surface area contributed by atoms with Crippen molar-refractivity contribution in [3.05, 3.63) is 41.2 Å². The Morgan fingerprint density at radius 1 is 1.35 bits per heavy atom. The number of nitrogens with one attached hydrogen (secondary N) is 2. The number of hydrogen-bond acceptors (Lipinski definition) is 4. The molecule has 3 rings (SSSR count). The number of amides is 1. The van der Waals surface area contributed by atoms with E-state index in [9.17, 15) is 4.79 Å². The van der Waals surface area contributed by atoms with E-state index in [0.717, 1.165) is 31.6 Å². The highest BCUT2D eigenvalue weighted by Crippen LogP contribution is 2.32. The molecule has 1 aromatic heterocycles. The number of carbonyl (C=O) groups is 1. The molecule has 0 bridgehead atoms. The summed E-state index contributed by atoms with van der Waals surface area (Å²) >= 11 is 6.24. The van der Waals surface area contributed by atoms with Crippen molar-refractivity contribution >= 4 is 53.7 Å². The zero-order chi connectivity index (χ0) is 17.1. The van der Waals surface area contributed by atoms with Gasteiger partial charge in [-0.25, -0.2) is 0 Å². The number of benzene rings is 1. The van der Waals surface area contributed by atoms with Crippen LogP contribution in [0.5, 0.6) is 0 Å². The van der Waals surface area contributed by atoms with Gasteiger partial charge in [0, 0.05) is 26.8 Å². The van der Waals surface area contributed by atoms with Gasteiger partial charge < -0.3 is 15.5 Å². The summed E-state index contributed by atoms with van der Waals surface area (Å²) in [5.74, 6) is -0.233. The quantitative estimate of drug-likeness (QED) is 0.793. The van der Waals surface area contributed by atoms with Crippen molar-refractivity contribution in [2.24, 2.45) is 0 Å². The Balaban J connectivity index is 0.00000169. The number of rotatable bonds is 4. The Bertz CT molecular complexity index is 729. The second kappa shape index (κ2) is 10.0. The second-order valence-electron chi connectivity index (χ2n) is 6.17. The van der Waals surface area contributed by atoms with E-state index in [4.69, 9.17) is 11.6 Å². The molecular weight excluding hydrogens is 397 g/mol. The third-order valence-electron chi connectivity index (χ3n) is 4.17. The molecule has 26 heavy (non-hydrogen) atoms. The Hall–Kier alpha value is -1.47. The molecule has 1 unspecified atom stereocenters. The first-order chi connectivity index (χ1) is 11.6. The topological polar surface area (TPSA) is 62.2 Å². The molecule has 1 saturated heterocycles. The maximum absolute atomic E-state index is 12.5. The van der Waals surface area contributed by atoms with Gasteiger partial charge in [0.15, 0.2) is 5.69 Å². The SMILES string of the molecule is CN(C)c1c(Cl)cccc1NC(=O)c1ccn(C2CCCNC2)n1.Cl.Cl. The average molecular weight is 421 g/mol. The van der Waals surface area contributed by atoms with Gasteiger partial charge in [-0.2, -0.15) is 5.10 Å². The van der Waals surface area contributed by atoms with Crippen LogP contribution in [0.25, 0.3) is 0 Å². The van der Waals surface area contributed by atoms with Gasteiger partial charge in [-0.1, -0.05) is 17.7 Å². The predicted octanol–water partition coefficient (Wildman–Crippen LogP) is 3.62. The molecule has 9 heteroatoms. The van der Waals surface area contributed by atoms with Gasteiger partial charge in [-0.3, -0.25) is 9.48 Å². The van der Waals surface area contributed by atoms with E-state index in [0.29, 0.717) is 22.4 Å². The predicted molar refractivity (Wildman–Crippen MR) is 112 cm³/mol. The van der Waals surface area contributed by atoms with Crippen LogP contribution in [0.1, 0.15) is 29.4 Å². The summed E-state index contributed by atoms with van der Waals surface area (Å²) in [4.78, 5) is 14.4. The number of anilines is 2. The fourth-order valence-electron chi connectivity index (χ4n) is 2.98. The molecule has 0 saturated carbocycles. The maximum atomic E-state index is 12.5. The van der Waals surface area contributed by atoms with Crippen molar-refractivity contribution in [3.8, 4) is 0 Å². The largest absolute Gasteiger partial charge is 0.375 e. The fourth-order valence-corrected chi connectivity index (χ4v) is 3.32. The Labute approximate surface area is 171 Å². The van der Waals surface area contributed by atoms with Crippen molar-refractivity contribution in [1.29, 1.82) is 0 Å². The minimum Gasteiger partial charge on any atom is -0.375 e. The smallest absolute Gasteiger partial charge is 0.276 e. The van der Waals surface area contributed by atoms with Crippen LogP contribution >= 0.6 is 36.4 Å². The van der Waals surface area contributed by atoms with Crippen molar-refractivity contribution in [1.82, 2.24) is 15.1 Å². The highest BCUT2D eigenvalue weighted by atomic mass is 35.5. The molecule has 0 aliphatic carbocycles. The Kier molecular flexibility index (Phi) is 8.70. The fraction of sp³-hybridized carbons (Fsp3) is 0.412. The van der Waals surface area contributed by atoms with Crippen molar-refractivity contribution < 1.29 is 4.79 Å². The zero-order valence-corrected chi connectivity index (χ0v) is 17.1. The minimum atomic E-state index is -0.233. The van der Waals surface area contributed by atoms with E-state index in [1.54, 1.807) is 12.1 Å². The molecule has 144 valence electrons. The number of aromatic nitrogens is 2. The van der Waals surface area contributed by atoms with Crippen LogP contribution < -0.4 is 15.5 Å². The number of nitrogens with zero attached hydrogens (tertiary/aromatic N) is 3. The van der Waals surface area contributed by atoms with E-state index in [1.807, 2.05) is 42.0 Å². The lowest BCUT2D eigenvalue weighted by Crippen LogP contribution is -2.32. The lowest BCUT2D eigenvalue weighted by Gasteiger charge is -2.23. The summed E-state index contributed by atoms with van der Waals surface area (Å²) in [6.45, 7) is 1.94. The summed E-state index contributed by atoms with van der Waals surface area (Å²) in [6.07, 6.45) is 4.08. The van der Waals surface area contributed by atoms with Crippen LogP contribution in [0.4, 0.5) is 11.4 Å². The van der Waals surface area contributed by atoms with Crippen LogP contribution in [0, 0.1) is 0 Å². The molecule has 1 atom stereocenters. The molecule has 1 amide bonds. The van der Waals surface area contributed by atoms with Gasteiger partial charge in [-0.15, -0.1) is 24.8 Å². The lowest BCUT2D eigenvalue weighted by molar-refractivity contribution is 0.102. The number of carbonyl (C=O) groups excluding carboxylic acids is 1. The van der Waals surface area contributed by atoms with Gasteiger partial charge in [-0.05, 0) is 37.6 Å². The molecule has 2 N–H and O–H groups in total. The number of halogens is 3. The zero-order valence-electron chi connectivity index (χ0n) is 14.7. The van der Waals surface area contributed by atoms with E-state index >= 15 is 0 Å². The van der Waals surface area contributed by atoms with Crippen LogP contribution in [-0.2, 0) is 0 Å². The van der Waals surface area contributed by atoms with E-state index in [2.05, 4.69) is 15.7 Å². The standard InChI is InChI=1S/C17H22ClN5O.2ClH/c1-22(2)16-13(18)6-3-7-14(16)20-17(24)15-8-10-23(21-15)12-5-4-9-19-11-12;;/h3,6-8,10,12,19H,4-5,9,11H2,1-2H3,(H,20,24);2*1H. The molecule has 0 radical (unpaired) electrons. The van der Waals surface area contributed by atoms with Crippen molar-refractivity contribution in [3.63, 3.8) is 0 Å². The summed E-state index contributed by atoms with van der Waals surface area (Å²) in [6, 6.07) is 7.52. The molecule has 1 fully saturated rings. The summed E-state index contributed by atoms with van der Waals surface area (Å²) in [5, 5.41) is 11.3. The first-order valence-corrected chi connectivity index (χ1v) is 8.47. The van der Waals surface area contributed by atoms with E-state index < -0.39 is 0 Å². The summed E-state index contributed by atoms with van der Waals surface area (Å²) in [5.41, 5.74) is 1.86. The lowest BCUT2D eigenvalue weighted by atomic mass is 10.1. The Morgan fingerprint density at radius 2 is 2.12 bits per heavy atom. The molecule has 2 aromatic rings.